The Bertz CT molecular complexity index is 872. The van der Waals surface area contributed by atoms with Gasteiger partial charge in [0.2, 0.25) is 0 Å². The number of unbranched alkanes of at least 4 members (excludes halogenated alkanes) is 14. The number of alkyl halides is 7. The van der Waals surface area contributed by atoms with E-state index in [1.807, 2.05) is 0 Å². The third kappa shape index (κ3) is 12.5. The molecule has 40 heavy (non-hydrogen) atoms. The maximum atomic E-state index is 13.4. The Hall–Kier alpha value is -2.33. The summed E-state index contributed by atoms with van der Waals surface area (Å²) in [4.78, 5) is 24.5. The lowest BCUT2D eigenvalue weighted by atomic mass is 10.0. The molecular weight excluding hydrogens is 545 g/mol. The van der Waals surface area contributed by atoms with Crippen molar-refractivity contribution in [1.82, 2.24) is 0 Å². The highest BCUT2D eigenvalue weighted by atomic mass is 19.4. The SMILES string of the molecule is CCCCCCCCCCCCCCCCCOC(=O)c1ccccc1C(=O)OCC(F)(F)C(F)(F)C(F)(F)F. The zero-order valence-electron chi connectivity index (χ0n) is 23.1. The Labute approximate surface area is 232 Å². The van der Waals surface area contributed by atoms with Gasteiger partial charge in [0.15, 0.2) is 6.61 Å². The summed E-state index contributed by atoms with van der Waals surface area (Å²) in [6, 6.07) is 4.71. The second-order valence-corrected chi connectivity index (χ2v) is 9.98. The van der Waals surface area contributed by atoms with Gasteiger partial charge in [-0.15, -0.1) is 0 Å². The molecule has 0 fully saturated rings. The molecule has 0 aliphatic heterocycles. The van der Waals surface area contributed by atoms with Crippen LogP contribution < -0.4 is 0 Å². The van der Waals surface area contributed by atoms with E-state index in [1.54, 1.807) is 0 Å². The summed E-state index contributed by atoms with van der Waals surface area (Å²) in [7, 11) is 0. The van der Waals surface area contributed by atoms with Crippen molar-refractivity contribution < 1.29 is 49.8 Å². The minimum atomic E-state index is -6.54. The molecule has 4 nitrogen and oxygen atoms in total. The third-order valence-electron chi connectivity index (χ3n) is 6.55. The summed E-state index contributed by atoms with van der Waals surface area (Å²) in [5.74, 6) is -14.7. The van der Waals surface area contributed by atoms with Crippen LogP contribution in [0.15, 0.2) is 24.3 Å². The minimum Gasteiger partial charge on any atom is -0.462 e. The maximum absolute atomic E-state index is 13.4. The van der Waals surface area contributed by atoms with Crippen molar-refractivity contribution in [3.63, 3.8) is 0 Å². The van der Waals surface area contributed by atoms with Gasteiger partial charge in [-0.2, -0.15) is 30.7 Å². The van der Waals surface area contributed by atoms with E-state index in [4.69, 9.17) is 4.74 Å². The van der Waals surface area contributed by atoms with Crippen LogP contribution in [0.1, 0.15) is 124 Å². The Morgan fingerprint density at radius 2 is 0.975 bits per heavy atom. The monoisotopic (exact) mass is 586 g/mol. The number of esters is 2. The van der Waals surface area contributed by atoms with Crippen LogP contribution in [0.2, 0.25) is 0 Å². The van der Waals surface area contributed by atoms with Crippen LogP contribution in [0.3, 0.4) is 0 Å². The van der Waals surface area contributed by atoms with Crippen LogP contribution in [0, 0.1) is 0 Å². The summed E-state index contributed by atoms with van der Waals surface area (Å²) in [6.07, 6.45) is 10.9. The van der Waals surface area contributed by atoms with Crippen molar-refractivity contribution in [3.8, 4) is 0 Å². The van der Waals surface area contributed by atoms with Gasteiger partial charge < -0.3 is 9.47 Å². The Morgan fingerprint density at radius 1 is 0.600 bits per heavy atom. The number of hydrogen-bond acceptors (Lipinski definition) is 4. The van der Waals surface area contributed by atoms with E-state index in [0.29, 0.717) is 6.42 Å². The molecule has 1 aromatic rings. The molecular formula is C29H41F7O4. The normalized spacial score (nSPS) is 12.4. The minimum absolute atomic E-state index is 0.0380. The van der Waals surface area contributed by atoms with E-state index < -0.39 is 42.1 Å². The molecule has 1 aromatic carbocycles. The Kier molecular flexibility index (Phi) is 16.2. The molecule has 0 unspecified atom stereocenters. The van der Waals surface area contributed by atoms with Crippen molar-refractivity contribution in [2.75, 3.05) is 13.2 Å². The van der Waals surface area contributed by atoms with Crippen molar-refractivity contribution in [2.45, 2.75) is 121 Å². The molecule has 0 aliphatic rings. The summed E-state index contributed by atoms with van der Waals surface area (Å²) in [6.45, 7) is -0.274. The lowest BCUT2D eigenvalue weighted by molar-refractivity contribution is -0.359. The second-order valence-electron chi connectivity index (χ2n) is 9.98. The third-order valence-corrected chi connectivity index (χ3v) is 6.55. The summed E-state index contributed by atoms with van der Waals surface area (Å²) in [5, 5.41) is 0. The van der Waals surface area contributed by atoms with Crippen LogP contribution in [-0.2, 0) is 9.47 Å². The predicted molar refractivity (Wildman–Crippen MR) is 138 cm³/mol. The number of hydrogen-bond donors (Lipinski definition) is 0. The highest BCUT2D eigenvalue weighted by Crippen LogP contribution is 2.46. The van der Waals surface area contributed by atoms with Gasteiger partial charge in [-0.25, -0.2) is 9.59 Å². The highest BCUT2D eigenvalue weighted by molar-refractivity contribution is 6.03. The number of rotatable bonds is 21. The maximum Gasteiger partial charge on any atom is 0.460 e. The van der Waals surface area contributed by atoms with Crippen LogP contribution in [-0.4, -0.2) is 43.2 Å². The van der Waals surface area contributed by atoms with Gasteiger partial charge in [0.05, 0.1) is 17.7 Å². The van der Waals surface area contributed by atoms with Crippen molar-refractivity contribution in [3.05, 3.63) is 35.4 Å². The zero-order valence-corrected chi connectivity index (χ0v) is 23.1. The summed E-state index contributed by atoms with van der Waals surface area (Å²) in [5.41, 5.74) is -0.963. The molecule has 0 atom stereocenters. The van der Waals surface area contributed by atoms with E-state index in [9.17, 15) is 40.3 Å². The van der Waals surface area contributed by atoms with Gasteiger partial charge >= 0.3 is 30.0 Å². The quantitative estimate of drug-likeness (QED) is 0.0818. The molecule has 0 bridgehead atoms. The number of carbonyl (C=O) groups is 2. The molecule has 0 N–H and O–H groups in total. The van der Waals surface area contributed by atoms with E-state index in [1.165, 1.54) is 76.3 Å². The predicted octanol–water partition coefficient (Wildman–Crippen LogP) is 9.70. The van der Waals surface area contributed by atoms with Gasteiger partial charge in [-0.1, -0.05) is 109 Å². The van der Waals surface area contributed by atoms with Gasteiger partial charge in [-0.05, 0) is 18.6 Å². The smallest absolute Gasteiger partial charge is 0.460 e. The highest BCUT2D eigenvalue weighted by Gasteiger charge is 2.73. The van der Waals surface area contributed by atoms with Crippen LogP contribution in [0.4, 0.5) is 30.7 Å². The molecule has 0 saturated carbocycles. The molecule has 0 aliphatic carbocycles. The molecule has 230 valence electrons. The first kappa shape index (κ1) is 35.7. The molecule has 11 heteroatoms. The first-order valence-corrected chi connectivity index (χ1v) is 14.1. The summed E-state index contributed by atoms with van der Waals surface area (Å²) < 4.78 is 98.8. The Morgan fingerprint density at radius 3 is 1.38 bits per heavy atom. The van der Waals surface area contributed by atoms with Crippen molar-refractivity contribution in [2.24, 2.45) is 0 Å². The molecule has 0 radical (unpaired) electrons. The largest absolute Gasteiger partial charge is 0.462 e. The lowest BCUT2D eigenvalue weighted by Gasteiger charge is -2.27. The molecule has 0 aromatic heterocycles. The first-order chi connectivity index (χ1) is 18.8. The van der Waals surface area contributed by atoms with Gasteiger partial charge in [-0.3, -0.25) is 0 Å². The average molecular weight is 587 g/mol. The fourth-order valence-electron chi connectivity index (χ4n) is 4.09. The number of ether oxygens (including phenoxy) is 2. The Balaban J connectivity index is 2.29. The molecule has 0 heterocycles. The zero-order chi connectivity index (χ0) is 30.1. The first-order valence-electron chi connectivity index (χ1n) is 14.1. The van der Waals surface area contributed by atoms with E-state index >= 15 is 0 Å². The lowest BCUT2D eigenvalue weighted by Crippen LogP contribution is -2.54. The van der Waals surface area contributed by atoms with Crippen molar-refractivity contribution in [1.29, 1.82) is 0 Å². The van der Waals surface area contributed by atoms with E-state index in [0.717, 1.165) is 37.8 Å². The van der Waals surface area contributed by atoms with Crippen molar-refractivity contribution >= 4 is 11.9 Å². The molecule has 0 spiro atoms. The van der Waals surface area contributed by atoms with Crippen LogP contribution >= 0.6 is 0 Å². The number of benzene rings is 1. The molecule has 1 rings (SSSR count). The van der Waals surface area contributed by atoms with Gasteiger partial charge in [0.1, 0.15) is 0 Å². The summed E-state index contributed by atoms with van der Waals surface area (Å²) >= 11 is 0. The number of carbonyl (C=O) groups excluding carboxylic acids is 2. The van der Waals surface area contributed by atoms with E-state index in [2.05, 4.69) is 11.7 Å². The average Bonchev–Trinajstić information content (AvgIpc) is 2.90. The van der Waals surface area contributed by atoms with Gasteiger partial charge in [0, 0.05) is 0 Å². The fraction of sp³-hybridized carbons (Fsp3) is 0.724. The fourth-order valence-corrected chi connectivity index (χ4v) is 4.09. The van der Waals surface area contributed by atoms with E-state index in [-0.39, 0.29) is 12.2 Å². The van der Waals surface area contributed by atoms with Crippen LogP contribution in [0.25, 0.3) is 0 Å². The van der Waals surface area contributed by atoms with Crippen LogP contribution in [0.5, 0.6) is 0 Å². The molecule has 0 saturated heterocycles. The van der Waals surface area contributed by atoms with Gasteiger partial charge in [0.25, 0.3) is 0 Å². The topological polar surface area (TPSA) is 52.6 Å². The second kappa shape index (κ2) is 18.2. The standard InChI is InChI=1S/C29H41F7O4/c1-2-3-4-5-6-7-8-9-10-11-12-13-14-15-18-21-39-25(37)23-19-16-17-20-24(23)26(38)40-22-27(30,31)28(32,33)29(34,35)36/h16-17,19-20H,2-15,18,21-22H2,1H3. The number of halogens is 7. The molecule has 0 amide bonds.